The lowest BCUT2D eigenvalue weighted by atomic mass is 9.73. The lowest BCUT2D eigenvalue weighted by molar-refractivity contribution is -0.319. The summed E-state index contributed by atoms with van der Waals surface area (Å²) in [7, 11) is -4.64. The minimum Gasteiger partial charge on any atom is -0.423 e. The zero-order valence-electron chi connectivity index (χ0n) is 14.1. The van der Waals surface area contributed by atoms with Crippen LogP contribution in [0.4, 0.5) is 0 Å². The van der Waals surface area contributed by atoms with Gasteiger partial charge in [0.1, 0.15) is 18.3 Å². The van der Waals surface area contributed by atoms with E-state index >= 15 is 0 Å². The highest BCUT2D eigenvalue weighted by molar-refractivity contribution is 7.45. The van der Waals surface area contributed by atoms with E-state index in [-0.39, 0.29) is 0 Å². The van der Waals surface area contributed by atoms with Crippen molar-refractivity contribution in [1.29, 1.82) is 0 Å². The van der Waals surface area contributed by atoms with Gasteiger partial charge in [-0.3, -0.25) is 14.4 Å². The standard InChI is InChI=1S/C12H19NO8.H3O4P/c1-5(15)11(13)10(19)9(18)8(4-14)21-12(11,6(2)16)20-7(3)17;1-5(2,3)4/h8-10,14,18-19H,4,13H2,1-3H3;(H3,1,2,3,4)/t8-,9-,10+,11-,12?;/m1./s1. The summed E-state index contributed by atoms with van der Waals surface area (Å²) in [5, 5.41) is 29.1. The number of carbonyl (C=O) groups is 3. The number of hydrogen-bond donors (Lipinski definition) is 7. The van der Waals surface area contributed by atoms with Gasteiger partial charge < -0.3 is 45.2 Å². The van der Waals surface area contributed by atoms with Crippen molar-refractivity contribution in [2.45, 2.75) is 50.4 Å². The number of esters is 1. The van der Waals surface area contributed by atoms with Gasteiger partial charge in [0.15, 0.2) is 11.3 Å². The lowest BCUT2D eigenvalue weighted by Crippen LogP contribution is -2.82. The minimum atomic E-state index is -4.64. The van der Waals surface area contributed by atoms with Crippen LogP contribution in [-0.2, 0) is 28.4 Å². The zero-order chi connectivity index (χ0) is 21.1. The molecule has 152 valence electrons. The summed E-state index contributed by atoms with van der Waals surface area (Å²) in [4.78, 5) is 56.7. The summed E-state index contributed by atoms with van der Waals surface area (Å²) in [5.41, 5.74) is 3.31. The van der Waals surface area contributed by atoms with E-state index in [0.717, 1.165) is 20.8 Å². The highest BCUT2D eigenvalue weighted by Crippen LogP contribution is 2.39. The number of ketones is 2. The van der Waals surface area contributed by atoms with E-state index in [4.69, 9.17) is 39.6 Å². The van der Waals surface area contributed by atoms with E-state index < -0.39 is 61.6 Å². The van der Waals surface area contributed by atoms with E-state index in [1.54, 1.807) is 0 Å². The van der Waals surface area contributed by atoms with Crippen LogP contribution in [0.15, 0.2) is 0 Å². The Hall–Kier alpha value is -1.28. The summed E-state index contributed by atoms with van der Waals surface area (Å²) >= 11 is 0. The van der Waals surface area contributed by atoms with Crippen LogP contribution in [0.2, 0.25) is 0 Å². The van der Waals surface area contributed by atoms with Crippen molar-refractivity contribution >= 4 is 25.4 Å². The molecule has 1 aliphatic rings. The van der Waals surface area contributed by atoms with E-state index in [0.29, 0.717) is 0 Å². The van der Waals surface area contributed by atoms with Gasteiger partial charge in [-0.2, -0.15) is 0 Å². The van der Waals surface area contributed by atoms with E-state index in [2.05, 4.69) is 0 Å². The van der Waals surface area contributed by atoms with Gasteiger partial charge in [-0.25, -0.2) is 4.57 Å². The SMILES string of the molecule is CC(=O)OC1(C(C)=O)O[C@H](CO)[C@@H](O)[C@H](O)[C@]1(N)C(C)=O.O=P(O)(O)O. The number of aliphatic hydroxyl groups excluding tert-OH is 3. The summed E-state index contributed by atoms with van der Waals surface area (Å²) < 4.78 is 18.9. The third-order valence-corrected chi connectivity index (χ3v) is 3.55. The Morgan fingerprint density at radius 3 is 1.81 bits per heavy atom. The third-order valence-electron chi connectivity index (χ3n) is 3.55. The van der Waals surface area contributed by atoms with E-state index in [1.165, 1.54) is 0 Å². The molecule has 13 nitrogen and oxygen atoms in total. The normalized spacial score (nSPS) is 34.3. The molecular weight excluding hydrogens is 381 g/mol. The molecule has 1 fully saturated rings. The van der Waals surface area contributed by atoms with Crippen molar-refractivity contribution in [3.8, 4) is 0 Å². The topological polar surface area (TPSA) is 234 Å². The minimum absolute atomic E-state index is 0.789. The Kier molecular flexibility index (Phi) is 8.18. The second kappa shape index (κ2) is 8.61. The summed E-state index contributed by atoms with van der Waals surface area (Å²) in [6.45, 7) is 2.08. The molecule has 0 spiro atoms. The first kappa shape index (κ1) is 24.7. The van der Waals surface area contributed by atoms with Gasteiger partial charge in [-0.15, -0.1) is 0 Å². The van der Waals surface area contributed by atoms with Gasteiger partial charge in [0, 0.05) is 13.8 Å². The zero-order valence-corrected chi connectivity index (χ0v) is 15.0. The maximum Gasteiger partial charge on any atom is 0.466 e. The Morgan fingerprint density at radius 2 is 1.54 bits per heavy atom. The van der Waals surface area contributed by atoms with Gasteiger partial charge in [-0.1, -0.05) is 0 Å². The third kappa shape index (κ3) is 5.13. The van der Waals surface area contributed by atoms with Crippen molar-refractivity contribution in [2.75, 3.05) is 6.61 Å². The first-order valence-corrected chi connectivity index (χ1v) is 8.54. The molecule has 0 amide bonds. The fraction of sp³-hybridized carbons (Fsp3) is 0.750. The fourth-order valence-corrected chi connectivity index (χ4v) is 2.39. The summed E-state index contributed by atoms with van der Waals surface area (Å²) in [5.74, 6) is -5.50. The van der Waals surface area contributed by atoms with Crippen LogP contribution in [0.3, 0.4) is 0 Å². The number of Topliss-reactive ketones (excluding diaryl/α,β-unsaturated/α-hetero) is 2. The Bertz CT molecular complexity index is 597. The van der Waals surface area contributed by atoms with Crippen LogP contribution < -0.4 is 5.73 Å². The van der Waals surface area contributed by atoms with Crippen LogP contribution >= 0.6 is 7.82 Å². The molecule has 0 aromatic carbocycles. The van der Waals surface area contributed by atoms with E-state index in [9.17, 15) is 24.6 Å². The first-order valence-electron chi connectivity index (χ1n) is 6.98. The molecule has 1 aliphatic heterocycles. The molecule has 26 heavy (non-hydrogen) atoms. The van der Waals surface area contributed by atoms with Gasteiger partial charge in [-0.05, 0) is 6.92 Å². The average Bonchev–Trinajstić information content (AvgIpc) is 2.45. The number of ether oxygens (including phenoxy) is 2. The second-order valence-electron chi connectivity index (χ2n) is 5.48. The molecule has 0 bridgehead atoms. The van der Waals surface area contributed by atoms with Crippen molar-refractivity contribution in [3.05, 3.63) is 0 Å². The maximum atomic E-state index is 12.0. The molecule has 5 atom stereocenters. The number of aliphatic hydroxyl groups is 3. The number of phosphoric acid groups is 1. The highest BCUT2D eigenvalue weighted by atomic mass is 31.2. The Balaban J connectivity index is 0.00000110. The van der Waals surface area contributed by atoms with Crippen LogP contribution in [0.5, 0.6) is 0 Å². The molecule has 1 saturated heterocycles. The molecule has 0 aliphatic carbocycles. The van der Waals surface area contributed by atoms with Crippen LogP contribution in [0, 0.1) is 0 Å². The Morgan fingerprint density at radius 1 is 1.12 bits per heavy atom. The smallest absolute Gasteiger partial charge is 0.423 e. The largest absolute Gasteiger partial charge is 0.466 e. The molecule has 0 saturated carbocycles. The van der Waals surface area contributed by atoms with Crippen LogP contribution in [-0.4, -0.2) is 83.8 Å². The van der Waals surface area contributed by atoms with Crippen molar-refractivity contribution in [1.82, 2.24) is 0 Å². The average molecular weight is 403 g/mol. The monoisotopic (exact) mass is 403 g/mol. The molecule has 14 heteroatoms. The molecule has 0 aromatic heterocycles. The van der Waals surface area contributed by atoms with Crippen LogP contribution in [0.25, 0.3) is 0 Å². The maximum absolute atomic E-state index is 12.0. The summed E-state index contributed by atoms with van der Waals surface area (Å²) in [6, 6.07) is 0. The number of nitrogens with two attached hydrogens (primary N) is 1. The van der Waals surface area contributed by atoms with Gasteiger partial charge in [0.25, 0.3) is 0 Å². The number of hydrogen-bond acceptors (Lipinski definition) is 10. The second-order valence-corrected chi connectivity index (χ2v) is 6.51. The fourth-order valence-electron chi connectivity index (χ4n) is 2.39. The predicted octanol–water partition coefficient (Wildman–Crippen LogP) is -3.69. The van der Waals surface area contributed by atoms with Crippen molar-refractivity contribution in [3.63, 3.8) is 0 Å². The molecule has 0 aromatic rings. The molecule has 0 radical (unpaired) electrons. The highest BCUT2D eigenvalue weighted by Gasteiger charge is 2.70. The van der Waals surface area contributed by atoms with E-state index in [1.807, 2.05) is 0 Å². The number of carbonyl (C=O) groups excluding carboxylic acids is 3. The number of rotatable bonds is 4. The van der Waals surface area contributed by atoms with Crippen LogP contribution in [0.1, 0.15) is 20.8 Å². The lowest BCUT2D eigenvalue weighted by Gasteiger charge is -2.52. The molecule has 1 rings (SSSR count). The van der Waals surface area contributed by atoms with Gasteiger partial charge in [0.2, 0.25) is 5.78 Å². The molecule has 8 N–H and O–H groups in total. The van der Waals surface area contributed by atoms with Crippen molar-refractivity contribution in [2.24, 2.45) is 5.73 Å². The van der Waals surface area contributed by atoms with Gasteiger partial charge >= 0.3 is 19.6 Å². The summed E-state index contributed by atoms with van der Waals surface area (Å²) in [6.07, 6.45) is -5.18. The van der Waals surface area contributed by atoms with Crippen molar-refractivity contribution < 1.29 is 58.4 Å². The Labute approximate surface area is 147 Å². The molecule has 1 heterocycles. The van der Waals surface area contributed by atoms with Gasteiger partial charge in [0.05, 0.1) is 6.61 Å². The molecular formula is C12H22NO12P. The quantitative estimate of drug-likeness (QED) is 0.177. The first-order chi connectivity index (χ1) is 11.5. The predicted molar refractivity (Wildman–Crippen MR) is 81.0 cm³/mol. The molecule has 1 unspecified atom stereocenters.